The monoisotopic (exact) mass is 468 g/mol. The minimum Gasteiger partial charge on any atom is -0.480 e. The van der Waals surface area contributed by atoms with Crippen molar-refractivity contribution in [2.75, 3.05) is 6.61 Å². The van der Waals surface area contributed by atoms with Crippen LogP contribution in [0.2, 0.25) is 0 Å². The van der Waals surface area contributed by atoms with E-state index in [9.17, 15) is 24.3 Å². The van der Waals surface area contributed by atoms with Crippen LogP contribution in [0.1, 0.15) is 24.5 Å². The van der Waals surface area contributed by atoms with Gasteiger partial charge in [0, 0.05) is 12.5 Å². The quantitative estimate of drug-likeness (QED) is 0.322. The fourth-order valence-electron chi connectivity index (χ4n) is 2.95. The van der Waals surface area contributed by atoms with E-state index in [4.69, 9.17) is 9.47 Å². The molecule has 0 fully saturated rings. The molecular formula is C25H28N2O7. The number of amides is 2. The number of ether oxygens (including phenoxy) is 2. The molecule has 0 aliphatic rings. The number of alkyl carbamates (subject to hydrolysis) is 1. The predicted octanol–water partition coefficient (Wildman–Crippen LogP) is 2.60. The van der Waals surface area contributed by atoms with Crippen LogP contribution in [0.15, 0.2) is 72.8 Å². The molecule has 2 amide bonds. The Bertz CT molecular complexity index is 977. The molecule has 9 heteroatoms. The molecule has 3 N–H and O–H groups in total. The van der Waals surface area contributed by atoms with Crippen LogP contribution in [-0.2, 0) is 36.9 Å². The molecule has 0 aromatic heterocycles. The average molecular weight is 469 g/mol. The maximum Gasteiger partial charge on any atom is 0.408 e. The zero-order valence-electron chi connectivity index (χ0n) is 18.8. The van der Waals surface area contributed by atoms with Gasteiger partial charge in [-0.3, -0.25) is 4.79 Å². The molecule has 2 rings (SSSR count). The highest BCUT2D eigenvalue weighted by Gasteiger charge is 2.26. The van der Waals surface area contributed by atoms with Crippen molar-refractivity contribution >= 4 is 23.9 Å². The zero-order chi connectivity index (χ0) is 24.8. The fraction of sp³-hybridized carbons (Fsp3) is 0.280. The van der Waals surface area contributed by atoms with Crippen molar-refractivity contribution in [3.63, 3.8) is 0 Å². The molecule has 180 valence electrons. The van der Waals surface area contributed by atoms with Crippen molar-refractivity contribution in [3.05, 3.63) is 83.9 Å². The van der Waals surface area contributed by atoms with E-state index in [1.165, 1.54) is 6.08 Å². The number of carboxylic acids is 1. The van der Waals surface area contributed by atoms with Gasteiger partial charge in [-0.2, -0.15) is 0 Å². The number of rotatable bonds is 12. The fourth-order valence-corrected chi connectivity index (χ4v) is 2.95. The van der Waals surface area contributed by atoms with Crippen molar-refractivity contribution in [3.8, 4) is 0 Å². The average Bonchev–Trinajstić information content (AvgIpc) is 2.83. The van der Waals surface area contributed by atoms with Gasteiger partial charge in [-0.25, -0.2) is 14.4 Å². The van der Waals surface area contributed by atoms with E-state index < -0.39 is 36.0 Å². The molecule has 2 aromatic carbocycles. The zero-order valence-corrected chi connectivity index (χ0v) is 18.8. The summed E-state index contributed by atoms with van der Waals surface area (Å²) >= 11 is 0. The summed E-state index contributed by atoms with van der Waals surface area (Å²) in [4.78, 5) is 48.3. The molecule has 0 radical (unpaired) electrons. The summed E-state index contributed by atoms with van der Waals surface area (Å²) in [5.74, 6) is -2.59. The first-order chi connectivity index (χ1) is 16.4. The highest BCUT2D eigenvalue weighted by molar-refractivity contribution is 5.89. The second-order valence-electron chi connectivity index (χ2n) is 7.24. The summed E-state index contributed by atoms with van der Waals surface area (Å²) in [6, 6.07) is 15.6. The second-order valence-corrected chi connectivity index (χ2v) is 7.24. The van der Waals surface area contributed by atoms with Crippen LogP contribution in [0.25, 0.3) is 0 Å². The number of carbonyl (C=O) groups excluding carboxylic acids is 3. The summed E-state index contributed by atoms with van der Waals surface area (Å²) < 4.78 is 9.95. The number of carbonyl (C=O) groups is 4. The molecule has 0 spiro atoms. The molecular weight excluding hydrogens is 440 g/mol. The first-order valence-electron chi connectivity index (χ1n) is 10.8. The second kappa shape index (κ2) is 14.1. The van der Waals surface area contributed by atoms with E-state index in [-0.39, 0.29) is 26.1 Å². The van der Waals surface area contributed by atoms with Crippen LogP contribution in [0.4, 0.5) is 4.79 Å². The van der Waals surface area contributed by atoms with Gasteiger partial charge in [0.1, 0.15) is 18.7 Å². The maximum atomic E-state index is 12.9. The van der Waals surface area contributed by atoms with Gasteiger partial charge in [-0.05, 0) is 24.5 Å². The highest BCUT2D eigenvalue weighted by Crippen LogP contribution is 2.07. The van der Waals surface area contributed by atoms with Crippen LogP contribution in [0.3, 0.4) is 0 Å². The summed E-state index contributed by atoms with van der Waals surface area (Å²) in [5.41, 5.74) is 1.54. The van der Waals surface area contributed by atoms with E-state index in [0.717, 1.165) is 17.2 Å². The van der Waals surface area contributed by atoms with Crippen molar-refractivity contribution in [1.29, 1.82) is 0 Å². The van der Waals surface area contributed by atoms with Gasteiger partial charge >= 0.3 is 18.0 Å². The van der Waals surface area contributed by atoms with Crippen LogP contribution in [0, 0.1) is 0 Å². The molecule has 0 heterocycles. The first kappa shape index (κ1) is 26.1. The topological polar surface area (TPSA) is 131 Å². The number of esters is 1. The van der Waals surface area contributed by atoms with Crippen molar-refractivity contribution in [1.82, 2.24) is 10.6 Å². The van der Waals surface area contributed by atoms with Crippen LogP contribution < -0.4 is 10.6 Å². The number of hydrogen-bond acceptors (Lipinski definition) is 6. The van der Waals surface area contributed by atoms with E-state index >= 15 is 0 Å². The van der Waals surface area contributed by atoms with Gasteiger partial charge in [0.05, 0.1) is 6.61 Å². The van der Waals surface area contributed by atoms with Gasteiger partial charge in [0.15, 0.2) is 0 Å². The Balaban J connectivity index is 2.05. The lowest BCUT2D eigenvalue weighted by molar-refractivity contribution is -0.142. The smallest absolute Gasteiger partial charge is 0.408 e. The van der Waals surface area contributed by atoms with Gasteiger partial charge in [0.25, 0.3) is 0 Å². The van der Waals surface area contributed by atoms with E-state index in [1.807, 2.05) is 24.3 Å². The molecule has 34 heavy (non-hydrogen) atoms. The Morgan fingerprint density at radius 1 is 0.882 bits per heavy atom. The van der Waals surface area contributed by atoms with Gasteiger partial charge < -0.3 is 25.2 Å². The number of hydrogen-bond donors (Lipinski definition) is 3. The van der Waals surface area contributed by atoms with Crippen molar-refractivity contribution < 1.29 is 33.8 Å². The number of carboxylic acid groups (broad SMARTS) is 1. The van der Waals surface area contributed by atoms with Crippen molar-refractivity contribution in [2.24, 2.45) is 0 Å². The van der Waals surface area contributed by atoms with Crippen molar-refractivity contribution in [2.45, 2.75) is 38.5 Å². The van der Waals surface area contributed by atoms with Crippen LogP contribution >= 0.6 is 0 Å². The Hall–Kier alpha value is -4.14. The first-order valence-corrected chi connectivity index (χ1v) is 10.8. The number of nitrogens with one attached hydrogen (secondary N) is 2. The molecule has 0 saturated heterocycles. The third-order valence-corrected chi connectivity index (χ3v) is 4.63. The molecule has 2 atom stereocenters. The Morgan fingerprint density at radius 2 is 1.50 bits per heavy atom. The third-order valence-electron chi connectivity index (χ3n) is 4.63. The number of aliphatic carboxylic acids is 1. The van der Waals surface area contributed by atoms with Gasteiger partial charge in [-0.1, -0.05) is 66.7 Å². The predicted molar refractivity (Wildman–Crippen MR) is 124 cm³/mol. The lowest BCUT2D eigenvalue weighted by Crippen LogP contribution is -2.52. The molecule has 0 bridgehead atoms. The lowest BCUT2D eigenvalue weighted by Gasteiger charge is -2.21. The summed E-state index contributed by atoms with van der Waals surface area (Å²) in [7, 11) is 0. The lowest BCUT2D eigenvalue weighted by atomic mass is 10.0. The highest BCUT2D eigenvalue weighted by atomic mass is 16.5. The minimum atomic E-state index is -1.31. The van der Waals surface area contributed by atoms with E-state index in [1.54, 1.807) is 43.3 Å². The maximum absolute atomic E-state index is 12.9. The Morgan fingerprint density at radius 3 is 2.09 bits per heavy atom. The normalized spacial score (nSPS) is 12.4. The standard InChI is InChI=1S/C25H28N2O7/c1-2-33-22(28)15-9-14-20(24(30)31)26-23(29)21(16-18-10-5-3-6-11-18)27-25(32)34-17-19-12-7-4-8-13-19/h3-13,15,20-21H,2,14,16-17H2,1H3,(H,26,29)(H,27,32)(H,30,31)/b15-9+/t20-,21+/m0/s1. The molecule has 0 saturated carbocycles. The molecule has 0 unspecified atom stereocenters. The molecule has 2 aromatic rings. The molecule has 9 nitrogen and oxygen atoms in total. The Kier molecular flexibility index (Phi) is 10.8. The van der Waals surface area contributed by atoms with Crippen LogP contribution in [-0.4, -0.2) is 47.7 Å². The number of benzene rings is 2. The minimum absolute atomic E-state index is 0.0166. The van der Waals surface area contributed by atoms with E-state index in [2.05, 4.69) is 10.6 Å². The van der Waals surface area contributed by atoms with Gasteiger partial charge in [-0.15, -0.1) is 0 Å². The third kappa shape index (κ3) is 9.56. The summed E-state index contributed by atoms with van der Waals surface area (Å²) in [6.45, 7) is 1.86. The largest absolute Gasteiger partial charge is 0.480 e. The van der Waals surface area contributed by atoms with Crippen LogP contribution in [0.5, 0.6) is 0 Å². The molecule has 0 aliphatic carbocycles. The molecule has 0 aliphatic heterocycles. The summed E-state index contributed by atoms with van der Waals surface area (Å²) in [6.07, 6.45) is 1.58. The summed E-state index contributed by atoms with van der Waals surface area (Å²) in [5, 5.41) is 14.4. The Labute approximate surface area is 197 Å². The SMILES string of the molecule is CCOC(=O)/C=C/C[C@H](NC(=O)[C@@H](Cc1ccccc1)NC(=O)OCc1ccccc1)C(=O)O. The van der Waals surface area contributed by atoms with Gasteiger partial charge in [0.2, 0.25) is 5.91 Å². The van der Waals surface area contributed by atoms with E-state index in [0.29, 0.717) is 0 Å².